The molecule has 0 aliphatic heterocycles. The van der Waals surface area contributed by atoms with Crippen LogP contribution in [-0.2, 0) is 0 Å². The highest BCUT2D eigenvalue weighted by molar-refractivity contribution is 6.25. The summed E-state index contributed by atoms with van der Waals surface area (Å²) in [6.45, 7) is 10.5. The van der Waals surface area contributed by atoms with Gasteiger partial charge in [0.2, 0.25) is 0 Å². The third-order valence-electron chi connectivity index (χ3n) is 6.92. The summed E-state index contributed by atoms with van der Waals surface area (Å²) in [5.41, 5.74) is -3.37. The zero-order valence-corrected chi connectivity index (χ0v) is 20.8. The monoisotopic (exact) mass is 487 g/mol. The Hall–Kier alpha value is -4.14. The van der Waals surface area contributed by atoms with E-state index in [0.717, 1.165) is 19.3 Å². The Balaban J connectivity index is 2.14. The van der Waals surface area contributed by atoms with Gasteiger partial charge in [-0.1, -0.05) is 26.0 Å². The number of nitrogens with zero attached hydrogens (tertiary/aromatic N) is 3. The van der Waals surface area contributed by atoms with Crippen molar-refractivity contribution in [2.75, 3.05) is 0 Å². The minimum Gasteiger partial charge on any atom is -0.272 e. The molecule has 0 unspecified atom stereocenters. The van der Waals surface area contributed by atoms with Crippen molar-refractivity contribution in [3.63, 3.8) is 0 Å². The zero-order valence-electron chi connectivity index (χ0n) is 20.8. The number of fused-ring (bicyclic) bond motifs is 6. The van der Waals surface area contributed by atoms with Crippen LogP contribution in [-0.4, -0.2) is 13.7 Å². The van der Waals surface area contributed by atoms with Gasteiger partial charge in [0, 0.05) is 12.1 Å². The summed E-state index contributed by atoms with van der Waals surface area (Å²) in [6.07, 6.45) is 0. The van der Waals surface area contributed by atoms with Gasteiger partial charge in [-0.3, -0.25) is 37.9 Å². The van der Waals surface area contributed by atoms with Crippen LogP contribution in [0.5, 0.6) is 0 Å². The third kappa shape index (κ3) is 2.82. The molecule has 9 nitrogen and oxygen atoms in total. The maximum atomic E-state index is 13.7. The van der Waals surface area contributed by atoms with Crippen molar-refractivity contribution >= 4 is 32.3 Å². The lowest BCUT2D eigenvalue weighted by molar-refractivity contribution is 0.572. The fraction of sp³-hybridized carbons (Fsp3) is 0.333. The van der Waals surface area contributed by atoms with Gasteiger partial charge in [-0.2, -0.15) is 0 Å². The van der Waals surface area contributed by atoms with Gasteiger partial charge in [0.15, 0.2) is 0 Å². The van der Waals surface area contributed by atoms with Crippen LogP contribution < -0.4 is 33.4 Å². The second-order valence-corrected chi connectivity index (χ2v) is 10.1. The Labute approximate surface area is 203 Å². The second kappa shape index (κ2) is 7.68. The highest BCUT2D eigenvalue weighted by Gasteiger charge is 2.31. The molecule has 9 heteroatoms. The van der Waals surface area contributed by atoms with Gasteiger partial charge in [-0.05, 0) is 51.3 Å². The lowest BCUT2D eigenvalue weighted by Gasteiger charge is -2.06. The van der Waals surface area contributed by atoms with Crippen LogP contribution in [0.4, 0.5) is 0 Å². The summed E-state index contributed by atoms with van der Waals surface area (Å²) in [6, 6.07) is 5.70. The molecule has 2 aromatic carbocycles. The van der Waals surface area contributed by atoms with Crippen LogP contribution in [0.1, 0.15) is 65.1 Å². The van der Waals surface area contributed by atoms with Crippen LogP contribution in [0.3, 0.4) is 0 Å². The largest absolute Gasteiger partial charge is 0.272 e. The Kier molecular flexibility index (Phi) is 5.03. The molecular weight excluding hydrogens is 462 g/mol. The molecule has 5 rings (SSSR count). The van der Waals surface area contributed by atoms with Crippen molar-refractivity contribution in [1.29, 1.82) is 0 Å². The average Bonchev–Trinajstić information content (AvgIpc) is 3.32. The minimum absolute atomic E-state index is 0.226. The molecule has 184 valence electrons. The molecule has 0 atom stereocenters. The molecule has 0 saturated heterocycles. The first kappa shape index (κ1) is 23.6. The number of benzene rings is 2. The maximum Gasteiger partial charge on any atom is 0.267 e. The molecule has 5 aromatic rings. The van der Waals surface area contributed by atoms with Crippen LogP contribution >= 0.6 is 0 Å². The van der Waals surface area contributed by atoms with Crippen molar-refractivity contribution in [2.24, 2.45) is 0 Å². The summed E-state index contributed by atoms with van der Waals surface area (Å²) in [4.78, 5) is 81.1. The van der Waals surface area contributed by atoms with Crippen LogP contribution in [0.25, 0.3) is 38.0 Å². The molecule has 0 N–H and O–H groups in total. The standard InChI is InChI=1S/C27H25N3O6/c1-11(2)14-7-9-15(10-8-14)30-26(35)20-18-16(22(31)28(12(3)4)24(18)33)17-19(21(20)27(30)36)25(34)29(13(5)6)23(17)32/h7-13H,1-6H3. The molecule has 0 aliphatic carbocycles. The highest BCUT2D eigenvalue weighted by Crippen LogP contribution is 2.27. The number of rotatable bonds is 4. The molecule has 3 heterocycles. The fourth-order valence-electron chi connectivity index (χ4n) is 5.20. The van der Waals surface area contributed by atoms with Gasteiger partial charge < -0.3 is 0 Å². The van der Waals surface area contributed by atoms with Crippen LogP contribution in [0.2, 0.25) is 0 Å². The van der Waals surface area contributed by atoms with Gasteiger partial charge >= 0.3 is 0 Å². The molecule has 0 saturated carbocycles. The Bertz CT molecular complexity index is 1910. The summed E-state index contributed by atoms with van der Waals surface area (Å²) in [5.74, 6) is 0.226. The summed E-state index contributed by atoms with van der Waals surface area (Å²) >= 11 is 0. The predicted molar refractivity (Wildman–Crippen MR) is 140 cm³/mol. The molecule has 0 aliphatic rings. The van der Waals surface area contributed by atoms with Crippen molar-refractivity contribution < 1.29 is 0 Å². The molecule has 0 amide bonds. The SMILES string of the molecule is CC(C)c1ccc(-n2c(=O)c3c(c2=O)c2c(=O)n(C(C)C)c(=O)c2c2c(=O)n(C(C)C)c(=O)c32)cc1. The molecule has 0 fully saturated rings. The van der Waals surface area contributed by atoms with E-state index in [1.165, 1.54) is 0 Å². The van der Waals surface area contributed by atoms with E-state index in [-0.39, 0.29) is 43.9 Å². The van der Waals surface area contributed by atoms with E-state index < -0.39 is 45.4 Å². The van der Waals surface area contributed by atoms with Crippen molar-refractivity contribution in [3.8, 4) is 5.69 Å². The average molecular weight is 488 g/mol. The topological polar surface area (TPSA) is 117 Å². The molecular formula is C27H25N3O6. The molecule has 36 heavy (non-hydrogen) atoms. The molecule has 0 spiro atoms. The lowest BCUT2D eigenvalue weighted by atomic mass is 10.0. The quantitative estimate of drug-likeness (QED) is 0.384. The van der Waals surface area contributed by atoms with E-state index in [0.29, 0.717) is 0 Å². The Morgan fingerprint density at radius 1 is 0.472 bits per heavy atom. The first-order valence-corrected chi connectivity index (χ1v) is 11.9. The van der Waals surface area contributed by atoms with Crippen LogP contribution in [0.15, 0.2) is 53.0 Å². The van der Waals surface area contributed by atoms with Gasteiger partial charge in [0.1, 0.15) is 0 Å². The Morgan fingerprint density at radius 3 is 1.06 bits per heavy atom. The number of aromatic nitrogens is 3. The molecule has 0 bridgehead atoms. The van der Waals surface area contributed by atoms with E-state index in [9.17, 15) is 28.8 Å². The van der Waals surface area contributed by atoms with E-state index in [4.69, 9.17) is 0 Å². The highest BCUT2D eigenvalue weighted by atomic mass is 16.2. The van der Waals surface area contributed by atoms with E-state index in [1.807, 2.05) is 13.8 Å². The number of hydrogen-bond acceptors (Lipinski definition) is 6. The van der Waals surface area contributed by atoms with Crippen molar-refractivity contribution in [3.05, 3.63) is 92.0 Å². The third-order valence-corrected chi connectivity index (χ3v) is 6.92. The van der Waals surface area contributed by atoms with E-state index in [1.54, 1.807) is 52.0 Å². The van der Waals surface area contributed by atoms with Gasteiger partial charge in [0.05, 0.1) is 38.0 Å². The lowest BCUT2D eigenvalue weighted by Crippen LogP contribution is -2.28. The Morgan fingerprint density at radius 2 is 0.778 bits per heavy atom. The summed E-state index contributed by atoms with van der Waals surface area (Å²) < 4.78 is 2.82. The van der Waals surface area contributed by atoms with Gasteiger partial charge in [-0.15, -0.1) is 0 Å². The first-order chi connectivity index (χ1) is 16.9. The van der Waals surface area contributed by atoms with Crippen molar-refractivity contribution in [1.82, 2.24) is 13.7 Å². The maximum absolute atomic E-state index is 13.7. The predicted octanol–water partition coefficient (Wildman–Crippen LogP) is 2.30. The van der Waals surface area contributed by atoms with E-state index >= 15 is 0 Å². The zero-order chi connectivity index (χ0) is 26.4. The van der Waals surface area contributed by atoms with Crippen LogP contribution in [0, 0.1) is 0 Å². The van der Waals surface area contributed by atoms with Crippen molar-refractivity contribution in [2.45, 2.75) is 59.5 Å². The fourth-order valence-corrected chi connectivity index (χ4v) is 5.20. The molecule has 3 aromatic heterocycles. The van der Waals surface area contributed by atoms with Gasteiger partial charge in [-0.25, -0.2) is 4.57 Å². The smallest absolute Gasteiger partial charge is 0.267 e. The molecule has 0 radical (unpaired) electrons. The normalized spacial score (nSPS) is 12.5. The summed E-state index contributed by atoms with van der Waals surface area (Å²) in [7, 11) is 0. The summed E-state index contributed by atoms with van der Waals surface area (Å²) in [5, 5.41) is -1.71. The van der Waals surface area contributed by atoms with Gasteiger partial charge in [0.25, 0.3) is 33.4 Å². The first-order valence-electron chi connectivity index (χ1n) is 11.9. The minimum atomic E-state index is -0.804. The second-order valence-electron chi connectivity index (χ2n) is 10.1. The number of hydrogen-bond donors (Lipinski definition) is 0. The van der Waals surface area contributed by atoms with E-state index in [2.05, 4.69) is 0 Å².